The van der Waals surface area contributed by atoms with E-state index in [1.165, 1.54) is 38.5 Å². The summed E-state index contributed by atoms with van der Waals surface area (Å²) in [6.45, 7) is 6.19. The lowest BCUT2D eigenvalue weighted by Gasteiger charge is -2.33. The van der Waals surface area contributed by atoms with Gasteiger partial charge in [-0.05, 0) is 31.7 Å². The molecule has 2 fully saturated rings. The molecule has 1 aliphatic carbocycles. The van der Waals surface area contributed by atoms with Crippen molar-refractivity contribution >= 4 is 5.91 Å². The molecule has 2 aliphatic rings. The van der Waals surface area contributed by atoms with Crippen molar-refractivity contribution in [3.8, 4) is 0 Å². The lowest BCUT2D eigenvalue weighted by atomic mass is 9.75. The third-order valence-electron chi connectivity index (χ3n) is 4.94. The summed E-state index contributed by atoms with van der Waals surface area (Å²) >= 11 is 0. The highest BCUT2D eigenvalue weighted by atomic mass is 16.2. The SMILES string of the molecule is CC(C)C1(C(=O)NC2CCCCCC2)CCNC1. The molecule has 0 radical (unpaired) electrons. The van der Waals surface area contributed by atoms with Crippen molar-refractivity contribution in [2.75, 3.05) is 13.1 Å². The monoisotopic (exact) mass is 252 g/mol. The van der Waals surface area contributed by atoms with Crippen LogP contribution in [0.3, 0.4) is 0 Å². The number of carbonyl (C=O) groups excluding carboxylic acids is 1. The van der Waals surface area contributed by atoms with Crippen molar-refractivity contribution in [1.82, 2.24) is 10.6 Å². The van der Waals surface area contributed by atoms with Crippen LogP contribution in [-0.2, 0) is 4.79 Å². The van der Waals surface area contributed by atoms with Crippen LogP contribution in [0.2, 0.25) is 0 Å². The van der Waals surface area contributed by atoms with E-state index < -0.39 is 0 Å². The Kier molecular flexibility index (Phi) is 4.66. The van der Waals surface area contributed by atoms with E-state index >= 15 is 0 Å². The van der Waals surface area contributed by atoms with E-state index in [4.69, 9.17) is 0 Å². The predicted molar refractivity (Wildman–Crippen MR) is 74.4 cm³/mol. The van der Waals surface area contributed by atoms with Gasteiger partial charge >= 0.3 is 0 Å². The second-order valence-corrected chi connectivity index (χ2v) is 6.40. The van der Waals surface area contributed by atoms with Crippen LogP contribution < -0.4 is 10.6 Å². The number of hydrogen-bond donors (Lipinski definition) is 2. The summed E-state index contributed by atoms with van der Waals surface area (Å²) in [4.78, 5) is 12.6. The molecule has 0 aromatic heterocycles. The zero-order valence-electron chi connectivity index (χ0n) is 11.9. The number of amides is 1. The fraction of sp³-hybridized carbons (Fsp3) is 0.933. The van der Waals surface area contributed by atoms with Gasteiger partial charge in [0.1, 0.15) is 0 Å². The molecule has 0 bridgehead atoms. The Hall–Kier alpha value is -0.570. The quantitative estimate of drug-likeness (QED) is 0.758. The van der Waals surface area contributed by atoms with Gasteiger partial charge in [0, 0.05) is 12.6 Å². The highest BCUT2D eigenvalue weighted by molar-refractivity contribution is 5.83. The standard InChI is InChI=1S/C15H28N2O/c1-12(2)15(9-10-16-11-15)14(18)17-13-7-5-3-4-6-8-13/h12-13,16H,3-11H2,1-2H3,(H,17,18). The minimum atomic E-state index is -0.160. The summed E-state index contributed by atoms with van der Waals surface area (Å²) in [5.74, 6) is 0.715. The molecule has 3 nitrogen and oxygen atoms in total. The third kappa shape index (κ3) is 2.87. The first kappa shape index (κ1) is 13.9. The maximum atomic E-state index is 12.6. The summed E-state index contributed by atoms with van der Waals surface area (Å²) in [7, 11) is 0. The van der Waals surface area contributed by atoms with Crippen molar-refractivity contribution in [3.63, 3.8) is 0 Å². The van der Waals surface area contributed by atoms with Gasteiger partial charge in [0.15, 0.2) is 0 Å². The first-order valence-electron chi connectivity index (χ1n) is 7.67. The molecule has 0 aromatic rings. The molecule has 2 rings (SSSR count). The van der Waals surface area contributed by atoms with Crippen LogP contribution in [0.1, 0.15) is 58.8 Å². The molecule has 2 N–H and O–H groups in total. The first-order chi connectivity index (χ1) is 8.65. The Morgan fingerprint density at radius 1 is 1.22 bits per heavy atom. The van der Waals surface area contributed by atoms with E-state index in [0.29, 0.717) is 17.9 Å². The Bertz CT molecular complexity index is 274. The van der Waals surface area contributed by atoms with Crippen LogP contribution in [0.4, 0.5) is 0 Å². The molecule has 1 saturated carbocycles. The van der Waals surface area contributed by atoms with Crippen molar-refractivity contribution < 1.29 is 4.79 Å². The Balaban J connectivity index is 1.96. The van der Waals surface area contributed by atoms with E-state index in [1.54, 1.807) is 0 Å². The minimum Gasteiger partial charge on any atom is -0.353 e. The molecular weight excluding hydrogens is 224 g/mol. The summed E-state index contributed by atoms with van der Waals surface area (Å²) in [5.41, 5.74) is -0.160. The van der Waals surface area contributed by atoms with Crippen LogP contribution >= 0.6 is 0 Å². The molecule has 1 heterocycles. The minimum absolute atomic E-state index is 0.160. The Morgan fingerprint density at radius 2 is 1.89 bits per heavy atom. The molecular formula is C15H28N2O. The summed E-state index contributed by atoms with van der Waals surface area (Å²) in [6, 6.07) is 0.427. The maximum Gasteiger partial charge on any atom is 0.228 e. The molecule has 0 aromatic carbocycles. The van der Waals surface area contributed by atoms with E-state index in [0.717, 1.165) is 19.5 Å². The van der Waals surface area contributed by atoms with Crippen molar-refractivity contribution in [2.45, 2.75) is 64.8 Å². The number of carbonyl (C=O) groups is 1. The highest BCUT2D eigenvalue weighted by Crippen LogP contribution is 2.34. The number of rotatable bonds is 3. The second-order valence-electron chi connectivity index (χ2n) is 6.40. The van der Waals surface area contributed by atoms with Crippen molar-refractivity contribution in [2.24, 2.45) is 11.3 Å². The van der Waals surface area contributed by atoms with Gasteiger partial charge in [-0.25, -0.2) is 0 Å². The Morgan fingerprint density at radius 3 is 2.39 bits per heavy atom. The van der Waals surface area contributed by atoms with Gasteiger partial charge in [-0.15, -0.1) is 0 Å². The van der Waals surface area contributed by atoms with E-state index in [9.17, 15) is 4.79 Å². The topological polar surface area (TPSA) is 41.1 Å². The number of nitrogens with one attached hydrogen (secondary N) is 2. The third-order valence-corrected chi connectivity index (χ3v) is 4.94. The molecule has 18 heavy (non-hydrogen) atoms. The fourth-order valence-electron chi connectivity index (χ4n) is 3.41. The van der Waals surface area contributed by atoms with Crippen molar-refractivity contribution in [1.29, 1.82) is 0 Å². The van der Waals surface area contributed by atoms with Gasteiger partial charge in [0.25, 0.3) is 0 Å². The number of hydrogen-bond acceptors (Lipinski definition) is 2. The Labute approximate surface area is 111 Å². The molecule has 1 amide bonds. The molecule has 1 atom stereocenters. The molecule has 104 valence electrons. The molecule has 3 heteroatoms. The fourth-order valence-corrected chi connectivity index (χ4v) is 3.41. The highest BCUT2D eigenvalue weighted by Gasteiger charge is 2.44. The maximum absolute atomic E-state index is 12.6. The van der Waals surface area contributed by atoms with Crippen LogP contribution in [0.5, 0.6) is 0 Å². The molecule has 1 aliphatic heterocycles. The summed E-state index contributed by atoms with van der Waals surface area (Å²) in [5, 5.41) is 6.71. The van der Waals surface area contributed by atoms with Gasteiger partial charge in [-0.1, -0.05) is 39.5 Å². The van der Waals surface area contributed by atoms with E-state index in [1.807, 2.05) is 0 Å². The average molecular weight is 252 g/mol. The van der Waals surface area contributed by atoms with Crippen molar-refractivity contribution in [3.05, 3.63) is 0 Å². The van der Waals surface area contributed by atoms with Gasteiger partial charge in [0.05, 0.1) is 5.41 Å². The summed E-state index contributed by atoms with van der Waals surface area (Å²) in [6.07, 6.45) is 8.56. The average Bonchev–Trinajstić information content (AvgIpc) is 2.71. The lowest BCUT2D eigenvalue weighted by molar-refractivity contribution is -0.133. The normalized spacial score (nSPS) is 30.4. The largest absolute Gasteiger partial charge is 0.353 e. The van der Waals surface area contributed by atoms with Crippen LogP contribution in [0.15, 0.2) is 0 Å². The van der Waals surface area contributed by atoms with Gasteiger partial charge in [-0.2, -0.15) is 0 Å². The molecule has 1 saturated heterocycles. The van der Waals surface area contributed by atoms with Crippen LogP contribution in [0, 0.1) is 11.3 Å². The smallest absolute Gasteiger partial charge is 0.228 e. The van der Waals surface area contributed by atoms with E-state index in [-0.39, 0.29) is 5.41 Å². The van der Waals surface area contributed by atoms with Gasteiger partial charge < -0.3 is 10.6 Å². The first-order valence-corrected chi connectivity index (χ1v) is 7.67. The molecule has 0 spiro atoms. The van der Waals surface area contributed by atoms with Crippen LogP contribution in [0.25, 0.3) is 0 Å². The summed E-state index contributed by atoms with van der Waals surface area (Å²) < 4.78 is 0. The predicted octanol–water partition coefficient (Wildman–Crippen LogP) is 2.46. The second kappa shape index (κ2) is 6.05. The lowest BCUT2D eigenvalue weighted by Crippen LogP contribution is -2.49. The zero-order chi connectivity index (χ0) is 13.0. The molecule has 1 unspecified atom stereocenters. The van der Waals surface area contributed by atoms with E-state index in [2.05, 4.69) is 24.5 Å². The van der Waals surface area contributed by atoms with Gasteiger partial charge in [0.2, 0.25) is 5.91 Å². The zero-order valence-corrected chi connectivity index (χ0v) is 11.9. The van der Waals surface area contributed by atoms with Crippen LogP contribution in [-0.4, -0.2) is 25.0 Å². The van der Waals surface area contributed by atoms with Gasteiger partial charge in [-0.3, -0.25) is 4.79 Å².